The molecular formula is C25H24N4O3S2. The van der Waals surface area contributed by atoms with E-state index in [-0.39, 0.29) is 24.4 Å². The second-order valence-corrected chi connectivity index (χ2v) is 10.6. The fraction of sp³-hybridized carbons (Fsp3) is 0.280. The Morgan fingerprint density at radius 1 is 1.09 bits per heavy atom. The number of carbonyl (C=O) groups is 3. The van der Waals surface area contributed by atoms with E-state index in [2.05, 4.69) is 10.4 Å². The summed E-state index contributed by atoms with van der Waals surface area (Å²) in [6.07, 6.45) is 1.70. The first kappa shape index (κ1) is 22.5. The summed E-state index contributed by atoms with van der Waals surface area (Å²) in [5.74, 6) is -0.753. The summed E-state index contributed by atoms with van der Waals surface area (Å²) in [5.41, 5.74) is 0.884. The number of carbonyl (C=O) groups excluding carboxylic acids is 3. The quantitative estimate of drug-likeness (QED) is 0.496. The topological polar surface area (TPSA) is 82.1 Å². The van der Waals surface area contributed by atoms with Crippen LogP contribution in [0.25, 0.3) is 0 Å². The first-order valence-electron chi connectivity index (χ1n) is 11.1. The number of thiophene rings is 2. The van der Waals surface area contributed by atoms with E-state index >= 15 is 0 Å². The van der Waals surface area contributed by atoms with E-state index in [1.807, 2.05) is 65.4 Å². The van der Waals surface area contributed by atoms with Gasteiger partial charge < -0.3 is 5.32 Å². The van der Waals surface area contributed by atoms with Crippen LogP contribution >= 0.6 is 22.7 Å². The van der Waals surface area contributed by atoms with E-state index in [0.29, 0.717) is 19.3 Å². The highest BCUT2D eigenvalue weighted by atomic mass is 32.1. The molecule has 34 heavy (non-hydrogen) atoms. The molecule has 1 N–H and O–H groups in total. The molecule has 174 valence electrons. The molecule has 1 saturated heterocycles. The Hall–Kier alpha value is -3.30. The van der Waals surface area contributed by atoms with Gasteiger partial charge in [-0.25, -0.2) is 9.80 Å². The number of hydrogen-bond acceptors (Lipinski definition) is 6. The molecule has 2 aliphatic heterocycles. The van der Waals surface area contributed by atoms with Crippen molar-refractivity contribution in [3.05, 3.63) is 80.7 Å². The van der Waals surface area contributed by atoms with Crippen molar-refractivity contribution in [2.75, 3.05) is 6.54 Å². The van der Waals surface area contributed by atoms with Crippen molar-refractivity contribution >= 4 is 46.2 Å². The predicted octanol–water partition coefficient (Wildman–Crippen LogP) is 4.43. The van der Waals surface area contributed by atoms with Crippen LogP contribution in [-0.4, -0.2) is 45.5 Å². The van der Waals surface area contributed by atoms with Crippen LogP contribution in [0.4, 0.5) is 4.79 Å². The maximum absolute atomic E-state index is 13.4. The average Bonchev–Trinajstić information content (AvgIpc) is 3.63. The maximum Gasteiger partial charge on any atom is 0.325 e. The largest absolute Gasteiger partial charge is 0.325 e. The third-order valence-corrected chi connectivity index (χ3v) is 8.13. The number of nitrogens with zero attached hydrogens (tertiary/aromatic N) is 3. The highest BCUT2D eigenvalue weighted by Gasteiger charge is 2.48. The minimum Gasteiger partial charge on any atom is -0.323 e. The molecule has 0 unspecified atom stereocenters. The highest BCUT2D eigenvalue weighted by molar-refractivity contribution is 7.12. The highest BCUT2D eigenvalue weighted by Crippen LogP contribution is 2.36. The van der Waals surface area contributed by atoms with E-state index < -0.39 is 11.6 Å². The standard InChI is InChI=1S/C25H24N4O3S2/c1-25(12-11-17-7-3-2-4-8-17)23(31)28(24(32)26-25)16-22(30)29-19(21-10-6-14-34-21)15-18(27-29)20-9-5-13-33-20/h2-10,13-14,19H,11-12,15-16H2,1H3,(H,26,32)/t19-,25+/m0/s1. The molecule has 2 atom stereocenters. The van der Waals surface area contributed by atoms with Crippen LogP contribution in [0.1, 0.15) is 41.1 Å². The number of imide groups is 1. The van der Waals surface area contributed by atoms with Crippen LogP contribution < -0.4 is 5.32 Å². The zero-order valence-electron chi connectivity index (χ0n) is 18.6. The number of hydrazone groups is 1. The minimum atomic E-state index is -1.04. The Morgan fingerprint density at radius 3 is 2.56 bits per heavy atom. The summed E-state index contributed by atoms with van der Waals surface area (Å²) < 4.78 is 0. The first-order chi connectivity index (χ1) is 16.4. The number of nitrogens with one attached hydrogen (secondary N) is 1. The van der Waals surface area contributed by atoms with Gasteiger partial charge >= 0.3 is 6.03 Å². The van der Waals surface area contributed by atoms with Crippen molar-refractivity contribution in [3.63, 3.8) is 0 Å². The van der Waals surface area contributed by atoms with Crippen LogP contribution in [0.5, 0.6) is 0 Å². The lowest BCUT2D eigenvalue weighted by atomic mass is 9.93. The van der Waals surface area contributed by atoms with Gasteiger partial charge in [-0.2, -0.15) is 5.10 Å². The molecule has 0 bridgehead atoms. The van der Waals surface area contributed by atoms with Crippen molar-refractivity contribution in [2.45, 2.75) is 37.8 Å². The van der Waals surface area contributed by atoms with Gasteiger partial charge in [-0.15, -0.1) is 22.7 Å². The number of amides is 4. The average molecular weight is 493 g/mol. The lowest BCUT2D eigenvalue weighted by Gasteiger charge is -2.24. The van der Waals surface area contributed by atoms with Gasteiger partial charge in [0.2, 0.25) is 0 Å². The van der Waals surface area contributed by atoms with Crippen LogP contribution in [0.3, 0.4) is 0 Å². The summed E-state index contributed by atoms with van der Waals surface area (Å²) in [4.78, 5) is 42.3. The van der Waals surface area contributed by atoms with Gasteiger partial charge in [-0.1, -0.05) is 42.5 Å². The van der Waals surface area contributed by atoms with E-state index in [1.54, 1.807) is 29.6 Å². The molecule has 0 aliphatic carbocycles. The Labute approximate surface area is 205 Å². The fourth-order valence-electron chi connectivity index (χ4n) is 4.34. The van der Waals surface area contributed by atoms with Gasteiger partial charge in [0.25, 0.3) is 11.8 Å². The molecule has 4 amide bonds. The van der Waals surface area contributed by atoms with Crippen LogP contribution in [0, 0.1) is 0 Å². The summed E-state index contributed by atoms with van der Waals surface area (Å²) in [7, 11) is 0. The molecule has 0 saturated carbocycles. The van der Waals surface area contributed by atoms with E-state index in [0.717, 1.165) is 25.9 Å². The molecule has 2 aromatic heterocycles. The zero-order valence-corrected chi connectivity index (χ0v) is 20.3. The van der Waals surface area contributed by atoms with E-state index in [9.17, 15) is 14.4 Å². The zero-order chi connectivity index (χ0) is 23.7. The lowest BCUT2D eigenvalue weighted by Crippen LogP contribution is -2.45. The summed E-state index contributed by atoms with van der Waals surface area (Å²) >= 11 is 3.14. The molecule has 5 rings (SSSR count). The van der Waals surface area contributed by atoms with Crippen LogP contribution in [0.2, 0.25) is 0 Å². The number of urea groups is 1. The van der Waals surface area contributed by atoms with Gasteiger partial charge in [0.1, 0.15) is 12.1 Å². The molecule has 0 spiro atoms. The Balaban J connectivity index is 1.32. The van der Waals surface area contributed by atoms with Crippen molar-refractivity contribution in [3.8, 4) is 0 Å². The van der Waals surface area contributed by atoms with Crippen LogP contribution in [-0.2, 0) is 16.0 Å². The van der Waals surface area contributed by atoms with E-state index in [4.69, 9.17) is 0 Å². The van der Waals surface area contributed by atoms with Gasteiger partial charge in [0.15, 0.2) is 0 Å². The van der Waals surface area contributed by atoms with Crippen molar-refractivity contribution in [1.82, 2.24) is 15.2 Å². The van der Waals surface area contributed by atoms with Gasteiger partial charge in [-0.3, -0.25) is 14.5 Å². The SMILES string of the molecule is C[C@]1(CCc2ccccc2)NC(=O)N(CC(=O)N2N=C(c3cccs3)C[C@H]2c2cccs2)C1=O. The minimum absolute atomic E-state index is 0.241. The second kappa shape index (κ2) is 9.15. The van der Waals surface area contributed by atoms with Gasteiger partial charge in [0, 0.05) is 11.3 Å². The van der Waals surface area contributed by atoms with Crippen LogP contribution in [0.15, 0.2) is 70.5 Å². The second-order valence-electron chi connectivity index (χ2n) is 8.64. The molecule has 0 radical (unpaired) electrons. The fourth-order valence-corrected chi connectivity index (χ4v) is 5.87. The molecule has 3 aromatic rings. The number of rotatable bonds is 7. The number of aryl methyl sites for hydroxylation is 1. The summed E-state index contributed by atoms with van der Waals surface area (Å²) in [6.45, 7) is 1.38. The maximum atomic E-state index is 13.4. The van der Waals surface area contributed by atoms with Crippen molar-refractivity contribution < 1.29 is 14.4 Å². The summed E-state index contributed by atoms with van der Waals surface area (Å²) in [6, 6.07) is 16.9. The monoisotopic (exact) mass is 492 g/mol. The molecule has 2 aliphatic rings. The Kier molecular flexibility index (Phi) is 6.05. The smallest absolute Gasteiger partial charge is 0.323 e. The molecular weight excluding hydrogens is 468 g/mol. The van der Waals surface area contributed by atoms with Gasteiger partial charge in [0.05, 0.1) is 16.6 Å². The third kappa shape index (κ3) is 4.28. The molecule has 4 heterocycles. The van der Waals surface area contributed by atoms with E-state index in [1.165, 1.54) is 5.01 Å². The third-order valence-electron chi connectivity index (χ3n) is 6.24. The van der Waals surface area contributed by atoms with Crippen molar-refractivity contribution in [1.29, 1.82) is 0 Å². The number of benzene rings is 1. The normalized spacial score (nSPS) is 22.3. The molecule has 7 nitrogen and oxygen atoms in total. The molecule has 9 heteroatoms. The molecule has 1 fully saturated rings. The number of hydrogen-bond donors (Lipinski definition) is 1. The Morgan fingerprint density at radius 2 is 1.85 bits per heavy atom. The lowest BCUT2D eigenvalue weighted by molar-refractivity contribution is -0.139. The summed E-state index contributed by atoms with van der Waals surface area (Å²) in [5, 5.41) is 12.8. The Bertz CT molecular complexity index is 1220. The molecule has 1 aromatic carbocycles. The van der Waals surface area contributed by atoms with Gasteiger partial charge in [-0.05, 0) is 48.2 Å². The predicted molar refractivity (Wildman–Crippen MR) is 133 cm³/mol. The first-order valence-corrected chi connectivity index (χ1v) is 12.9. The van der Waals surface area contributed by atoms with Crippen molar-refractivity contribution in [2.24, 2.45) is 5.10 Å².